The quantitative estimate of drug-likeness (QED) is 0.521. The number of hydrogen-bond donors (Lipinski definition) is 4. The number of halogens is 1. The molecule has 2 rings (SSSR count). The first-order valence-electron chi connectivity index (χ1n) is 7.19. The van der Waals surface area contributed by atoms with Crippen LogP contribution in [0.15, 0.2) is 35.2 Å². The smallest absolute Gasteiger partial charge is 0.240 e. The zero-order valence-corrected chi connectivity index (χ0v) is 14.2. The van der Waals surface area contributed by atoms with Gasteiger partial charge < -0.3 is 15.7 Å². The third-order valence-corrected chi connectivity index (χ3v) is 5.04. The molecule has 4 N–H and O–H groups in total. The lowest BCUT2D eigenvalue weighted by Gasteiger charge is -2.14. The summed E-state index contributed by atoms with van der Waals surface area (Å²) in [5.74, 6) is -0.236. The van der Waals surface area contributed by atoms with Gasteiger partial charge in [0.1, 0.15) is 0 Å². The maximum absolute atomic E-state index is 11.9. The van der Waals surface area contributed by atoms with Gasteiger partial charge in [0, 0.05) is 38.5 Å². The van der Waals surface area contributed by atoms with E-state index in [9.17, 15) is 18.3 Å². The molecular weight excluding hydrogens is 342 g/mol. The highest BCUT2D eigenvalue weighted by atomic mass is 35.5. The van der Waals surface area contributed by atoms with Gasteiger partial charge in [-0.1, -0.05) is 18.2 Å². The van der Waals surface area contributed by atoms with Gasteiger partial charge in [0.25, 0.3) is 0 Å². The maximum atomic E-state index is 11.9. The molecule has 0 radical (unpaired) electrons. The topological polar surface area (TPSA) is 108 Å². The number of nitrogens with one attached hydrogen (secondary N) is 3. The first-order valence-corrected chi connectivity index (χ1v) is 8.67. The second kappa shape index (κ2) is 9.19. The molecule has 1 amide bonds. The van der Waals surface area contributed by atoms with Gasteiger partial charge in [0.05, 0.1) is 11.0 Å². The number of amides is 1. The van der Waals surface area contributed by atoms with Crippen LogP contribution in [0.5, 0.6) is 0 Å². The molecule has 1 fully saturated rings. The van der Waals surface area contributed by atoms with Crippen molar-refractivity contribution in [1.82, 2.24) is 15.4 Å². The van der Waals surface area contributed by atoms with Gasteiger partial charge in [-0.05, 0) is 12.1 Å². The van der Waals surface area contributed by atoms with Crippen LogP contribution in [-0.2, 0) is 14.8 Å². The summed E-state index contributed by atoms with van der Waals surface area (Å²) in [5, 5.41) is 15.3. The lowest BCUT2D eigenvalue weighted by Crippen LogP contribution is -2.36. The van der Waals surface area contributed by atoms with Crippen molar-refractivity contribution in [2.75, 3.05) is 26.2 Å². The summed E-state index contributed by atoms with van der Waals surface area (Å²) in [7, 11) is -3.58. The molecule has 0 aliphatic carbocycles. The number of carbonyl (C=O) groups excluding carboxylic acids is 1. The van der Waals surface area contributed by atoms with Crippen LogP contribution < -0.4 is 15.4 Å². The average Bonchev–Trinajstić information content (AvgIpc) is 2.91. The molecule has 0 bridgehead atoms. The number of sulfonamides is 1. The largest absolute Gasteiger partial charge is 0.391 e. The summed E-state index contributed by atoms with van der Waals surface area (Å²) in [5.41, 5.74) is 0. The van der Waals surface area contributed by atoms with Gasteiger partial charge in [-0.3, -0.25) is 4.79 Å². The van der Waals surface area contributed by atoms with Crippen molar-refractivity contribution in [3.63, 3.8) is 0 Å². The first kappa shape index (κ1) is 19.9. The standard InChI is InChI=1S/C14H21N3O4S.ClH/c18-13-10-15-8-11(13)9-16-14(19)6-7-17-22(20,21)12-4-2-1-3-5-12;/h1-5,11,13,15,17-18H,6-10H2,(H,16,19);1H. The van der Waals surface area contributed by atoms with Gasteiger partial charge in [0.15, 0.2) is 0 Å². The molecule has 1 heterocycles. The zero-order chi connectivity index (χ0) is 16.0. The van der Waals surface area contributed by atoms with Crippen LogP contribution in [-0.4, -0.2) is 51.7 Å². The van der Waals surface area contributed by atoms with E-state index < -0.39 is 16.1 Å². The molecule has 7 nitrogen and oxygen atoms in total. The second-order valence-corrected chi connectivity index (χ2v) is 7.02. The number of benzene rings is 1. The lowest BCUT2D eigenvalue weighted by molar-refractivity contribution is -0.121. The minimum Gasteiger partial charge on any atom is -0.391 e. The molecule has 23 heavy (non-hydrogen) atoms. The molecule has 1 aromatic carbocycles. The van der Waals surface area contributed by atoms with E-state index in [0.29, 0.717) is 19.6 Å². The number of hydrogen-bond acceptors (Lipinski definition) is 5. The SMILES string of the molecule is Cl.O=C(CCNS(=O)(=O)c1ccccc1)NCC1CNCC1O. The van der Waals surface area contributed by atoms with E-state index >= 15 is 0 Å². The monoisotopic (exact) mass is 363 g/mol. The van der Waals surface area contributed by atoms with Crippen LogP contribution >= 0.6 is 12.4 Å². The van der Waals surface area contributed by atoms with Crippen molar-refractivity contribution in [2.24, 2.45) is 5.92 Å². The summed E-state index contributed by atoms with van der Waals surface area (Å²) >= 11 is 0. The van der Waals surface area contributed by atoms with E-state index in [2.05, 4.69) is 15.4 Å². The number of aliphatic hydroxyl groups excluding tert-OH is 1. The molecule has 2 unspecified atom stereocenters. The molecule has 2 atom stereocenters. The predicted octanol–water partition coefficient (Wildman–Crippen LogP) is -0.527. The van der Waals surface area contributed by atoms with Crippen LogP contribution in [0.25, 0.3) is 0 Å². The Labute approximate surface area is 142 Å². The fourth-order valence-electron chi connectivity index (χ4n) is 2.24. The van der Waals surface area contributed by atoms with E-state index in [1.165, 1.54) is 12.1 Å². The van der Waals surface area contributed by atoms with Crippen LogP contribution in [0.2, 0.25) is 0 Å². The normalized spacial score (nSPS) is 20.7. The van der Waals surface area contributed by atoms with E-state index in [0.717, 1.165) is 0 Å². The Morgan fingerprint density at radius 1 is 1.26 bits per heavy atom. The van der Waals surface area contributed by atoms with Crippen LogP contribution in [0.4, 0.5) is 0 Å². The minimum atomic E-state index is -3.58. The van der Waals surface area contributed by atoms with Gasteiger partial charge in [-0.15, -0.1) is 12.4 Å². The highest BCUT2D eigenvalue weighted by molar-refractivity contribution is 7.89. The van der Waals surface area contributed by atoms with Crippen molar-refractivity contribution >= 4 is 28.3 Å². The fourth-order valence-corrected chi connectivity index (χ4v) is 3.30. The third kappa shape index (κ3) is 6.08. The van der Waals surface area contributed by atoms with Crippen molar-refractivity contribution in [1.29, 1.82) is 0 Å². The highest BCUT2D eigenvalue weighted by Gasteiger charge is 2.24. The Morgan fingerprint density at radius 3 is 2.57 bits per heavy atom. The number of aliphatic hydroxyl groups is 1. The number of rotatable bonds is 7. The van der Waals surface area contributed by atoms with Gasteiger partial charge in [0.2, 0.25) is 15.9 Å². The molecular formula is C14H22ClN3O4S. The molecule has 0 aromatic heterocycles. The zero-order valence-electron chi connectivity index (χ0n) is 12.6. The van der Waals surface area contributed by atoms with Crippen molar-refractivity contribution < 1.29 is 18.3 Å². The Morgan fingerprint density at radius 2 is 1.96 bits per heavy atom. The Bertz CT molecular complexity index is 597. The molecule has 0 saturated carbocycles. The summed E-state index contributed by atoms with van der Waals surface area (Å²) in [6.45, 7) is 1.63. The predicted molar refractivity (Wildman–Crippen MR) is 88.9 cm³/mol. The number of carbonyl (C=O) groups is 1. The lowest BCUT2D eigenvalue weighted by atomic mass is 10.1. The molecule has 9 heteroatoms. The van der Waals surface area contributed by atoms with Crippen LogP contribution in [0.3, 0.4) is 0 Å². The fraction of sp³-hybridized carbons (Fsp3) is 0.500. The number of β-amino-alcohol motifs (C(OH)–C–C–N with tert-alkyl or cyclic N) is 1. The Hall–Kier alpha value is -1.19. The molecule has 130 valence electrons. The van der Waals surface area contributed by atoms with Crippen LogP contribution in [0, 0.1) is 5.92 Å². The van der Waals surface area contributed by atoms with E-state index in [4.69, 9.17) is 0 Å². The molecule has 1 aromatic rings. The van der Waals surface area contributed by atoms with Gasteiger partial charge >= 0.3 is 0 Å². The molecule has 1 aliphatic rings. The van der Waals surface area contributed by atoms with Crippen molar-refractivity contribution in [3.05, 3.63) is 30.3 Å². The van der Waals surface area contributed by atoms with Gasteiger partial charge in [-0.25, -0.2) is 13.1 Å². The molecule has 0 spiro atoms. The van der Waals surface area contributed by atoms with Crippen molar-refractivity contribution in [3.8, 4) is 0 Å². The highest BCUT2D eigenvalue weighted by Crippen LogP contribution is 2.08. The third-order valence-electron chi connectivity index (χ3n) is 3.56. The van der Waals surface area contributed by atoms with Crippen LogP contribution in [0.1, 0.15) is 6.42 Å². The molecule has 1 saturated heterocycles. The minimum absolute atomic E-state index is 0. The molecule has 1 aliphatic heterocycles. The maximum Gasteiger partial charge on any atom is 0.240 e. The van der Waals surface area contributed by atoms with Gasteiger partial charge in [-0.2, -0.15) is 0 Å². The van der Waals surface area contributed by atoms with Crippen molar-refractivity contribution in [2.45, 2.75) is 17.4 Å². The Kier molecular flexibility index (Phi) is 7.93. The first-order chi connectivity index (χ1) is 10.5. The van der Waals surface area contributed by atoms with E-state index in [-0.39, 0.29) is 42.1 Å². The van der Waals surface area contributed by atoms with E-state index in [1.54, 1.807) is 18.2 Å². The second-order valence-electron chi connectivity index (χ2n) is 5.25. The Balaban J connectivity index is 0.00000264. The average molecular weight is 364 g/mol. The summed E-state index contributed by atoms with van der Waals surface area (Å²) < 4.78 is 26.3. The summed E-state index contributed by atoms with van der Waals surface area (Å²) in [6, 6.07) is 8.01. The summed E-state index contributed by atoms with van der Waals surface area (Å²) in [6.07, 6.45) is -0.389. The summed E-state index contributed by atoms with van der Waals surface area (Å²) in [4.78, 5) is 11.9. The van der Waals surface area contributed by atoms with E-state index in [1.807, 2.05) is 0 Å².